The minimum Gasteiger partial charge on any atom is -0.444 e. The van der Waals surface area contributed by atoms with Crippen molar-refractivity contribution in [1.29, 1.82) is 0 Å². The Labute approximate surface area is 169 Å². The highest BCUT2D eigenvalue weighted by Crippen LogP contribution is 2.18. The topological polar surface area (TPSA) is 70.7 Å². The predicted molar refractivity (Wildman–Crippen MR) is 111 cm³/mol. The van der Waals surface area contributed by atoms with Gasteiger partial charge in [-0.1, -0.05) is 31.2 Å². The predicted octanol–water partition coefficient (Wildman–Crippen LogP) is 3.45. The van der Waals surface area contributed by atoms with E-state index in [9.17, 15) is 9.59 Å². The molecular weight excluding hydrogens is 354 g/mol. The van der Waals surface area contributed by atoms with Crippen LogP contribution in [0.1, 0.15) is 58.1 Å². The van der Waals surface area contributed by atoms with E-state index < -0.39 is 11.7 Å². The van der Waals surface area contributed by atoms with Gasteiger partial charge in [-0.3, -0.25) is 9.69 Å². The molecule has 6 nitrogen and oxygen atoms in total. The second kappa shape index (κ2) is 10.5. The third kappa shape index (κ3) is 8.74. The number of piperidine rings is 1. The summed E-state index contributed by atoms with van der Waals surface area (Å²) in [5.74, 6) is 0.754. The van der Waals surface area contributed by atoms with Crippen LogP contribution in [0.15, 0.2) is 24.3 Å². The van der Waals surface area contributed by atoms with Gasteiger partial charge in [0.05, 0.1) is 0 Å². The van der Waals surface area contributed by atoms with Gasteiger partial charge in [0.15, 0.2) is 0 Å². The lowest BCUT2D eigenvalue weighted by atomic mass is 9.99. The molecule has 1 fully saturated rings. The number of benzene rings is 1. The van der Waals surface area contributed by atoms with Gasteiger partial charge in [-0.2, -0.15) is 0 Å². The Morgan fingerprint density at radius 2 is 1.68 bits per heavy atom. The summed E-state index contributed by atoms with van der Waals surface area (Å²) in [6.07, 6.45) is 2.30. The number of carbonyl (C=O) groups excluding carboxylic acids is 2. The van der Waals surface area contributed by atoms with E-state index in [1.807, 2.05) is 0 Å². The number of alkyl carbamates (subject to hydrolysis) is 1. The van der Waals surface area contributed by atoms with Crippen LogP contribution in [0.25, 0.3) is 0 Å². The van der Waals surface area contributed by atoms with Crippen LogP contribution in [0, 0.1) is 5.92 Å². The Morgan fingerprint density at radius 1 is 1.07 bits per heavy atom. The summed E-state index contributed by atoms with van der Waals surface area (Å²) in [6.45, 7) is 11.8. The van der Waals surface area contributed by atoms with Gasteiger partial charge in [0, 0.05) is 26.1 Å². The maximum Gasteiger partial charge on any atom is 0.407 e. The molecule has 1 aromatic carbocycles. The van der Waals surface area contributed by atoms with E-state index in [4.69, 9.17) is 4.74 Å². The van der Waals surface area contributed by atoms with E-state index in [0.29, 0.717) is 6.54 Å². The van der Waals surface area contributed by atoms with E-state index in [1.165, 1.54) is 31.5 Å². The number of rotatable bonds is 7. The smallest absolute Gasteiger partial charge is 0.407 e. The number of amides is 2. The number of hydrogen-bond donors (Lipinski definition) is 2. The molecule has 0 spiro atoms. The van der Waals surface area contributed by atoms with Crippen molar-refractivity contribution in [3.05, 3.63) is 35.4 Å². The van der Waals surface area contributed by atoms with Crippen molar-refractivity contribution in [3.63, 3.8) is 0 Å². The van der Waals surface area contributed by atoms with Crippen LogP contribution in [-0.2, 0) is 22.6 Å². The molecule has 0 bridgehead atoms. The number of carbonyl (C=O) groups is 2. The number of likely N-dealkylation sites (tertiary alicyclic amines) is 1. The number of nitrogens with one attached hydrogen (secondary N) is 2. The van der Waals surface area contributed by atoms with E-state index in [2.05, 4.69) is 46.7 Å². The van der Waals surface area contributed by atoms with Gasteiger partial charge in [-0.15, -0.1) is 0 Å². The van der Waals surface area contributed by atoms with Crippen LogP contribution >= 0.6 is 0 Å². The van der Waals surface area contributed by atoms with Gasteiger partial charge in [0.2, 0.25) is 5.91 Å². The van der Waals surface area contributed by atoms with Crippen LogP contribution in [-0.4, -0.2) is 42.1 Å². The number of hydrogen-bond acceptors (Lipinski definition) is 4. The molecule has 28 heavy (non-hydrogen) atoms. The SMILES string of the molecule is CC1CCN(Cc2ccc(CNC(=O)CCNC(=O)OC(C)(C)C)cc2)CC1. The van der Waals surface area contributed by atoms with Gasteiger partial charge >= 0.3 is 6.09 Å². The van der Waals surface area contributed by atoms with Gasteiger partial charge in [-0.25, -0.2) is 4.79 Å². The fourth-order valence-corrected chi connectivity index (χ4v) is 3.12. The standard InChI is InChI=1S/C22H35N3O3/c1-17-10-13-25(14-11-17)16-19-7-5-18(6-8-19)15-24-20(26)9-12-23-21(27)28-22(2,3)4/h5-8,17H,9-16H2,1-4H3,(H,23,27)(H,24,26). The molecule has 1 aliphatic rings. The molecule has 0 radical (unpaired) electrons. The Morgan fingerprint density at radius 3 is 2.29 bits per heavy atom. The molecule has 1 aromatic rings. The summed E-state index contributed by atoms with van der Waals surface area (Å²) in [7, 11) is 0. The molecule has 2 N–H and O–H groups in total. The van der Waals surface area contributed by atoms with Crippen molar-refractivity contribution in [2.24, 2.45) is 5.92 Å². The van der Waals surface area contributed by atoms with Crippen molar-refractivity contribution in [3.8, 4) is 0 Å². The van der Waals surface area contributed by atoms with E-state index in [1.54, 1.807) is 20.8 Å². The van der Waals surface area contributed by atoms with Crippen LogP contribution < -0.4 is 10.6 Å². The lowest BCUT2D eigenvalue weighted by Crippen LogP contribution is -2.35. The van der Waals surface area contributed by atoms with Gasteiger partial charge in [0.1, 0.15) is 5.60 Å². The molecule has 6 heteroatoms. The maximum atomic E-state index is 11.9. The first-order valence-corrected chi connectivity index (χ1v) is 10.2. The molecule has 0 aromatic heterocycles. The molecule has 1 saturated heterocycles. The molecule has 2 rings (SSSR count). The Bertz CT molecular complexity index is 629. The Kier molecular flexibility index (Phi) is 8.30. The molecular formula is C22H35N3O3. The minimum absolute atomic E-state index is 0.0948. The largest absolute Gasteiger partial charge is 0.444 e. The lowest BCUT2D eigenvalue weighted by molar-refractivity contribution is -0.121. The molecule has 1 aliphatic heterocycles. The van der Waals surface area contributed by atoms with Crippen molar-refractivity contribution in [2.45, 2.75) is 65.6 Å². The summed E-state index contributed by atoms with van der Waals surface area (Å²) >= 11 is 0. The third-order valence-corrected chi connectivity index (χ3v) is 4.82. The first-order valence-electron chi connectivity index (χ1n) is 10.2. The molecule has 1 heterocycles. The minimum atomic E-state index is -0.537. The molecule has 0 unspecified atom stereocenters. The zero-order valence-electron chi connectivity index (χ0n) is 17.7. The molecule has 0 aliphatic carbocycles. The van der Waals surface area contributed by atoms with Crippen molar-refractivity contribution in [1.82, 2.24) is 15.5 Å². The average Bonchev–Trinajstić information content (AvgIpc) is 2.61. The van der Waals surface area contributed by atoms with Crippen molar-refractivity contribution >= 4 is 12.0 Å². The summed E-state index contributed by atoms with van der Waals surface area (Å²) in [4.78, 5) is 26.0. The van der Waals surface area contributed by atoms with Gasteiger partial charge in [-0.05, 0) is 63.7 Å². The summed E-state index contributed by atoms with van der Waals surface area (Å²) in [6, 6.07) is 8.43. The Hall–Kier alpha value is -2.08. The highest BCUT2D eigenvalue weighted by molar-refractivity contribution is 5.77. The average molecular weight is 390 g/mol. The van der Waals surface area contributed by atoms with Crippen LogP contribution in [0.3, 0.4) is 0 Å². The first kappa shape index (κ1) is 22.2. The van der Waals surface area contributed by atoms with Crippen molar-refractivity contribution < 1.29 is 14.3 Å². The van der Waals surface area contributed by atoms with Crippen LogP contribution in [0.5, 0.6) is 0 Å². The number of nitrogens with zero attached hydrogens (tertiary/aromatic N) is 1. The lowest BCUT2D eigenvalue weighted by Gasteiger charge is -2.30. The quantitative estimate of drug-likeness (QED) is 0.749. The highest BCUT2D eigenvalue weighted by Gasteiger charge is 2.16. The van der Waals surface area contributed by atoms with Gasteiger partial charge < -0.3 is 15.4 Å². The van der Waals surface area contributed by atoms with Gasteiger partial charge in [0.25, 0.3) is 0 Å². The Balaban J connectivity index is 1.64. The van der Waals surface area contributed by atoms with E-state index in [-0.39, 0.29) is 18.9 Å². The van der Waals surface area contributed by atoms with E-state index in [0.717, 1.165) is 18.0 Å². The second-order valence-electron chi connectivity index (χ2n) is 8.73. The number of ether oxygens (including phenoxy) is 1. The normalized spacial score (nSPS) is 15.9. The molecule has 0 saturated carbocycles. The first-order chi connectivity index (χ1) is 13.2. The summed E-state index contributed by atoms with van der Waals surface area (Å²) < 4.78 is 5.13. The summed E-state index contributed by atoms with van der Waals surface area (Å²) in [5.41, 5.74) is 1.85. The second-order valence-corrected chi connectivity index (χ2v) is 8.73. The van der Waals surface area contributed by atoms with Crippen LogP contribution in [0.4, 0.5) is 4.79 Å². The third-order valence-electron chi connectivity index (χ3n) is 4.82. The maximum absolute atomic E-state index is 11.9. The fourth-order valence-electron chi connectivity index (χ4n) is 3.12. The molecule has 156 valence electrons. The molecule has 2 amide bonds. The van der Waals surface area contributed by atoms with Crippen molar-refractivity contribution in [2.75, 3.05) is 19.6 Å². The monoisotopic (exact) mass is 389 g/mol. The summed E-state index contributed by atoms with van der Waals surface area (Å²) in [5, 5.41) is 5.48. The highest BCUT2D eigenvalue weighted by atomic mass is 16.6. The zero-order valence-corrected chi connectivity index (χ0v) is 17.7. The van der Waals surface area contributed by atoms with Crippen LogP contribution in [0.2, 0.25) is 0 Å². The molecule has 0 atom stereocenters. The zero-order chi connectivity index (χ0) is 20.6. The van der Waals surface area contributed by atoms with E-state index >= 15 is 0 Å². The fraction of sp³-hybridized carbons (Fsp3) is 0.636.